The number of benzene rings is 2. The Balaban J connectivity index is 1.79. The maximum atomic E-state index is 12.4. The number of anilines is 1. The molecule has 0 saturated heterocycles. The molecule has 0 atom stereocenters. The summed E-state index contributed by atoms with van der Waals surface area (Å²) in [7, 11) is 0. The number of amides is 2. The highest BCUT2D eigenvalue weighted by Crippen LogP contribution is 2.29. The Bertz CT molecular complexity index is 666. The van der Waals surface area contributed by atoms with E-state index in [0.29, 0.717) is 18.7 Å². The Labute approximate surface area is 132 Å². The van der Waals surface area contributed by atoms with Crippen LogP contribution in [-0.4, -0.2) is 12.6 Å². The van der Waals surface area contributed by atoms with Crippen molar-refractivity contribution in [1.82, 2.24) is 5.32 Å². The maximum Gasteiger partial charge on any atom is 0.416 e. The number of urea groups is 1. The van der Waals surface area contributed by atoms with E-state index < -0.39 is 11.7 Å². The third kappa shape index (κ3) is 5.32. The number of alkyl halides is 3. The zero-order valence-corrected chi connectivity index (χ0v) is 12.6. The van der Waals surface area contributed by atoms with Gasteiger partial charge in [-0.05, 0) is 48.7 Å². The van der Waals surface area contributed by atoms with Crippen molar-refractivity contribution in [2.45, 2.75) is 19.5 Å². The number of nitrogens with one attached hydrogen (secondary N) is 2. The molecular weight excluding hydrogens is 305 g/mol. The molecule has 0 aromatic heterocycles. The summed E-state index contributed by atoms with van der Waals surface area (Å²) in [6.45, 7) is 2.26. The number of rotatable bonds is 4. The Morgan fingerprint density at radius 1 is 1.09 bits per heavy atom. The first-order valence-corrected chi connectivity index (χ1v) is 7.12. The topological polar surface area (TPSA) is 41.1 Å². The van der Waals surface area contributed by atoms with Gasteiger partial charge in [-0.2, -0.15) is 13.2 Å². The quantitative estimate of drug-likeness (QED) is 0.862. The molecule has 0 unspecified atom stereocenters. The minimum absolute atomic E-state index is 0.336. The predicted octanol–water partition coefficient (Wildman–Crippen LogP) is 4.38. The molecule has 0 bridgehead atoms. The zero-order valence-electron chi connectivity index (χ0n) is 12.6. The van der Waals surface area contributed by atoms with Gasteiger partial charge in [-0.1, -0.05) is 24.3 Å². The summed E-state index contributed by atoms with van der Waals surface area (Å²) in [5.74, 6) is 0. The standard InChI is InChI=1S/C17H17F3N2O/c1-12-3-2-4-15(11-12)22-16(23)21-10-9-13-5-7-14(8-6-13)17(18,19)20/h2-8,11H,9-10H2,1H3,(H2,21,22,23). The predicted molar refractivity (Wildman–Crippen MR) is 83.3 cm³/mol. The van der Waals surface area contributed by atoms with E-state index in [-0.39, 0.29) is 6.03 Å². The van der Waals surface area contributed by atoms with Crippen LogP contribution >= 0.6 is 0 Å². The molecule has 3 nitrogen and oxygen atoms in total. The lowest BCUT2D eigenvalue weighted by Gasteiger charge is -2.09. The smallest absolute Gasteiger partial charge is 0.338 e. The van der Waals surface area contributed by atoms with E-state index in [1.165, 1.54) is 12.1 Å². The molecule has 0 heterocycles. The van der Waals surface area contributed by atoms with Gasteiger partial charge in [0.1, 0.15) is 0 Å². The number of halogens is 3. The molecule has 122 valence electrons. The normalized spacial score (nSPS) is 11.1. The molecule has 6 heteroatoms. The third-order valence-corrected chi connectivity index (χ3v) is 3.26. The summed E-state index contributed by atoms with van der Waals surface area (Å²) < 4.78 is 37.3. The fourth-order valence-electron chi connectivity index (χ4n) is 2.08. The van der Waals surface area contributed by atoms with Gasteiger partial charge in [0.05, 0.1) is 5.56 Å². The van der Waals surface area contributed by atoms with E-state index >= 15 is 0 Å². The molecule has 0 saturated carbocycles. The van der Waals surface area contributed by atoms with Crippen molar-refractivity contribution in [3.8, 4) is 0 Å². The van der Waals surface area contributed by atoms with E-state index in [1.54, 1.807) is 6.07 Å². The maximum absolute atomic E-state index is 12.4. The Kier molecular flexibility index (Phi) is 5.26. The van der Waals surface area contributed by atoms with Crippen LogP contribution in [0.25, 0.3) is 0 Å². The molecule has 2 aromatic rings. The number of carbonyl (C=O) groups is 1. The number of carbonyl (C=O) groups excluding carboxylic acids is 1. The minimum atomic E-state index is -4.33. The van der Waals surface area contributed by atoms with E-state index in [2.05, 4.69) is 10.6 Å². The van der Waals surface area contributed by atoms with Gasteiger partial charge in [0.15, 0.2) is 0 Å². The molecular formula is C17H17F3N2O. The zero-order chi connectivity index (χ0) is 16.9. The van der Waals surface area contributed by atoms with Crippen LogP contribution in [-0.2, 0) is 12.6 Å². The van der Waals surface area contributed by atoms with Crippen LogP contribution in [0.2, 0.25) is 0 Å². The van der Waals surface area contributed by atoms with Gasteiger partial charge < -0.3 is 10.6 Å². The van der Waals surface area contributed by atoms with Gasteiger partial charge in [0.2, 0.25) is 0 Å². The first-order valence-electron chi connectivity index (χ1n) is 7.12. The SMILES string of the molecule is Cc1cccc(NC(=O)NCCc2ccc(C(F)(F)F)cc2)c1. The van der Waals surface area contributed by atoms with Gasteiger partial charge in [0.25, 0.3) is 0 Å². The Hall–Kier alpha value is -2.50. The van der Waals surface area contributed by atoms with Crippen molar-refractivity contribution in [2.24, 2.45) is 0 Å². The fourth-order valence-corrected chi connectivity index (χ4v) is 2.08. The van der Waals surface area contributed by atoms with E-state index in [9.17, 15) is 18.0 Å². The molecule has 0 aliphatic heterocycles. The lowest BCUT2D eigenvalue weighted by atomic mass is 10.1. The molecule has 0 aliphatic rings. The van der Waals surface area contributed by atoms with Gasteiger partial charge in [-0.3, -0.25) is 0 Å². The summed E-state index contributed by atoms with van der Waals surface area (Å²) in [5, 5.41) is 5.37. The third-order valence-electron chi connectivity index (χ3n) is 3.26. The number of hydrogen-bond acceptors (Lipinski definition) is 1. The van der Waals surface area contributed by atoms with E-state index in [1.807, 2.05) is 25.1 Å². The molecule has 2 rings (SSSR count). The van der Waals surface area contributed by atoms with Gasteiger partial charge >= 0.3 is 12.2 Å². The second kappa shape index (κ2) is 7.17. The van der Waals surface area contributed by atoms with Crippen molar-refractivity contribution in [1.29, 1.82) is 0 Å². The van der Waals surface area contributed by atoms with Crippen molar-refractivity contribution in [3.63, 3.8) is 0 Å². The summed E-state index contributed by atoms with van der Waals surface area (Å²) in [5.41, 5.74) is 1.78. The van der Waals surface area contributed by atoms with Gasteiger partial charge in [-0.15, -0.1) is 0 Å². The number of aryl methyl sites for hydroxylation is 1. The van der Waals surface area contributed by atoms with Crippen molar-refractivity contribution < 1.29 is 18.0 Å². The molecule has 0 aliphatic carbocycles. The summed E-state index contributed by atoms with van der Waals surface area (Å²) in [4.78, 5) is 11.7. The highest BCUT2D eigenvalue weighted by molar-refractivity contribution is 5.89. The molecule has 2 amide bonds. The summed E-state index contributed by atoms with van der Waals surface area (Å²) in [6, 6.07) is 12.0. The van der Waals surface area contributed by atoms with E-state index in [4.69, 9.17) is 0 Å². The fraction of sp³-hybridized carbons (Fsp3) is 0.235. The Morgan fingerprint density at radius 3 is 2.39 bits per heavy atom. The van der Waals surface area contributed by atoms with Crippen LogP contribution in [0.5, 0.6) is 0 Å². The van der Waals surface area contributed by atoms with Gasteiger partial charge in [-0.25, -0.2) is 4.79 Å². The molecule has 23 heavy (non-hydrogen) atoms. The largest absolute Gasteiger partial charge is 0.416 e. The molecule has 0 spiro atoms. The Morgan fingerprint density at radius 2 is 1.78 bits per heavy atom. The van der Waals surface area contributed by atoms with Crippen LogP contribution in [0.1, 0.15) is 16.7 Å². The molecule has 2 N–H and O–H groups in total. The highest BCUT2D eigenvalue weighted by Gasteiger charge is 2.29. The first kappa shape index (κ1) is 16.9. The summed E-state index contributed by atoms with van der Waals surface area (Å²) >= 11 is 0. The average molecular weight is 322 g/mol. The molecule has 0 fully saturated rings. The van der Waals surface area contributed by atoms with Crippen LogP contribution < -0.4 is 10.6 Å². The first-order chi connectivity index (χ1) is 10.8. The monoisotopic (exact) mass is 322 g/mol. The van der Waals surface area contributed by atoms with Crippen molar-refractivity contribution >= 4 is 11.7 Å². The number of hydrogen-bond donors (Lipinski definition) is 2. The second-order valence-corrected chi connectivity index (χ2v) is 5.20. The van der Waals surface area contributed by atoms with Crippen LogP contribution in [0.15, 0.2) is 48.5 Å². The van der Waals surface area contributed by atoms with Gasteiger partial charge in [0, 0.05) is 12.2 Å². The second-order valence-electron chi connectivity index (χ2n) is 5.20. The minimum Gasteiger partial charge on any atom is -0.338 e. The highest BCUT2D eigenvalue weighted by atomic mass is 19.4. The molecule has 2 aromatic carbocycles. The van der Waals surface area contributed by atoms with E-state index in [0.717, 1.165) is 23.3 Å². The van der Waals surface area contributed by atoms with Crippen molar-refractivity contribution in [2.75, 3.05) is 11.9 Å². The van der Waals surface area contributed by atoms with Crippen molar-refractivity contribution in [3.05, 3.63) is 65.2 Å². The van der Waals surface area contributed by atoms with Crippen LogP contribution in [0.3, 0.4) is 0 Å². The molecule has 0 radical (unpaired) electrons. The van der Waals surface area contributed by atoms with Crippen LogP contribution in [0, 0.1) is 6.92 Å². The van der Waals surface area contributed by atoms with Crippen LogP contribution in [0.4, 0.5) is 23.7 Å². The lowest BCUT2D eigenvalue weighted by Crippen LogP contribution is -2.30. The average Bonchev–Trinajstić information content (AvgIpc) is 2.47. The lowest BCUT2D eigenvalue weighted by molar-refractivity contribution is -0.137. The summed E-state index contributed by atoms with van der Waals surface area (Å²) in [6.07, 6.45) is -3.87.